The van der Waals surface area contributed by atoms with E-state index < -0.39 is 28.8 Å². The van der Waals surface area contributed by atoms with E-state index in [-0.39, 0.29) is 11.3 Å². The van der Waals surface area contributed by atoms with Gasteiger partial charge in [0.25, 0.3) is 11.5 Å². The average molecular weight is 276 g/mol. The van der Waals surface area contributed by atoms with E-state index in [1.165, 1.54) is 18.3 Å². The van der Waals surface area contributed by atoms with Crippen molar-refractivity contribution in [3.05, 3.63) is 63.8 Å². The zero-order valence-electron chi connectivity index (χ0n) is 10.0. The Labute approximate surface area is 111 Å². The molecule has 0 atom stereocenters. The van der Waals surface area contributed by atoms with E-state index in [1.807, 2.05) is 0 Å². The van der Waals surface area contributed by atoms with Gasteiger partial charge in [0.15, 0.2) is 0 Å². The summed E-state index contributed by atoms with van der Waals surface area (Å²) in [6.45, 7) is 0. The maximum absolute atomic E-state index is 13.0. The Morgan fingerprint density at radius 2 is 1.95 bits per heavy atom. The molecule has 0 aliphatic heterocycles. The number of aromatic carboxylic acids is 1. The topological polar surface area (TPSA) is 99.3 Å². The van der Waals surface area contributed by atoms with Gasteiger partial charge in [-0.25, -0.2) is 9.18 Å². The molecule has 0 bridgehead atoms. The van der Waals surface area contributed by atoms with Crippen LogP contribution in [0.2, 0.25) is 0 Å². The number of anilines is 1. The number of carboxylic acid groups (broad SMARTS) is 1. The lowest BCUT2D eigenvalue weighted by atomic mass is 10.1. The van der Waals surface area contributed by atoms with Crippen LogP contribution >= 0.6 is 0 Å². The van der Waals surface area contributed by atoms with Crippen LogP contribution in [-0.4, -0.2) is 22.0 Å². The second-order valence-corrected chi connectivity index (χ2v) is 3.86. The largest absolute Gasteiger partial charge is 0.478 e. The first-order valence-electron chi connectivity index (χ1n) is 5.51. The lowest BCUT2D eigenvalue weighted by Crippen LogP contribution is -2.23. The molecule has 20 heavy (non-hydrogen) atoms. The van der Waals surface area contributed by atoms with Crippen LogP contribution in [0.1, 0.15) is 20.7 Å². The molecule has 0 saturated heterocycles. The van der Waals surface area contributed by atoms with E-state index in [0.717, 1.165) is 18.2 Å². The molecule has 0 spiro atoms. The molecule has 102 valence electrons. The second kappa shape index (κ2) is 5.35. The van der Waals surface area contributed by atoms with Crippen LogP contribution in [0, 0.1) is 5.82 Å². The Morgan fingerprint density at radius 3 is 2.60 bits per heavy atom. The van der Waals surface area contributed by atoms with E-state index in [1.54, 1.807) is 0 Å². The molecule has 0 aliphatic rings. The van der Waals surface area contributed by atoms with Crippen LogP contribution in [0.4, 0.5) is 10.1 Å². The molecule has 1 aromatic carbocycles. The van der Waals surface area contributed by atoms with Gasteiger partial charge in [0.2, 0.25) is 0 Å². The zero-order chi connectivity index (χ0) is 14.7. The fraction of sp³-hybridized carbons (Fsp3) is 0. The number of halogens is 1. The Hall–Kier alpha value is -2.96. The maximum atomic E-state index is 13.0. The standard InChI is InChI=1S/C13H9FN2O4/c14-7-3-4-10(9(6-7)13(19)20)16-12(18)8-2-1-5-15-11(8)17/h1-6H,(H,15,17)(H,16,18)(H,19,20). The number of hydrogen-bond acceptors (Lipinski definition) is 3. The zero-order valence-corrected chi connectivity index (χ0v) is 10.0. The van der Waals surface area contributed by atoms with Crippen molar-refractivity contribution in [3.8, 4) is 0 Å². The van der Waals surface area contributed by atoms with Crippen LogP contribution in [0.5, 0.6) is 0 Å². The van der Waals surface area contributed by atoms with E-state index in [4.69, 9.17) is 5.11 Å². The highest BCUT2D eigenvalue weighted by atomic mass is 19.1. The van der Waals surface area contributed by atoms with Crippen molar-refractivity contribution in [1.29, 1.82) is 0 Å². The molecule has 1 heterocycles. The first-order chi connectivity index (χ1) is 9.49. The highest BCUT2D eigenvalue weighted by Gasteiger charge is 2.16. The minimum atomic E-state index is -1.39. The van der Waals surface area contributed by atoms with E-state index >= 15 is 0 Å². The van der Waals surface area contributed by atoms with Gasteiger partial charge in [-0.15, -0.1) is 0 Å². The number of carbonyl (C=O) groups is 2. The third-order valence-corrected chi connectivity index (χ3v) is 2.52. The van der Waals surface area contributed by atoms with E-state index in [0.29, 0.717) is 0 Å². The molecule has 7 heteroatoms. The van der Waals surface area contributed by atoms with Gasteiger partial charge < -0.3 is 15.4 Å². The monoisotopic (exact) mass is 276 g/mol. The normalized spacial score (nSPS) is 10.1. The molecule has 2 rings (SSSR count). The highest BCUT2D eigenvalue weighted by molar-refractivity contribution is 6.07. The predicted octanol–water partition coefficient (Wildman–Crippen LogP) is 1.46. The number of nitrogens with one attached hydrogen (secondary N) is 2. The van der Waals surface area contributed by atoms with Gasteiger partial charge in [-0.2, -0.15) is 0 Å². The Balaban J connectivity index is 2.36. The highest BCUT2D eigenvalue weighted by Crippen LogP contribution is 2.17. The number of hydrogen-bond donors (Lipinski definition) is 3. The smallest absolute Gasteiger partial charge is 0.337 e. The van der Waals surface area contributed by atoms with Crippen molar-refractivity contribution in [2.75, 3.05) is 5.32 Å². The summed E-state index contributed by atoms with van der Waals surface area (Å²) in [7, 11) is 0. The van der Waals surface area contributed by atoms with Gasteiger partial charge in [-0.3, -0.25) is 9.59 Å². The van der Waals surface area contributed by atoms with Gasteiger partial charge >= 0.3 is 5.97 Å². The van der Waals surface area contributed by atoms with Crippen molar-refractivity contribution in [2.45, 2.75) is 0 Å². The van der Waals surface area contributed by atoms with Crippen LogP contribution in [0.25, 0.3) is 0 Å². The molecule has 0 fully saturated rings. The summed E-state index contributed by atoms with van der Waals surface area (Å²) in [6, 6.07) is 5.66. The summed E-state index contributed by atoms with van der Waals surface area (Å²) in [6.07, 6.45) is 1.36. The molecule has 0 aliphatic carbocycles. The number of rotatable bonds is 3. The fourth-order valence-corrected chi connectivity index (χ4v) is 1.59. The lowest BCUT2D eigenvalue weighted by molar-refractivity contribution is 0.0697. The molecular weight excluding hydrogens is 267 g/mol. The number of aromatic amines is 1. The molecule has 0 saturated carbocycles. The third-order valence-electron chi connectivity index (χ3n) is 2.52. The molecule has 1 amide bonds. The molecule has 0 unspecified atom stereocenters. The first kappa shape index (κ1) is 13.5. The predicted molar refractivity (Wildman–Crippen MR) is 68.4 cm³/mol. The van der Waals surface area contributed by atoms with Gasteiger partial charge in [0.05, 0.1) is 11.3 Å². The molecule has 2 aromatic rings. The van der Waals surface area contributed by atoms with Gasteiger partial charge in [0, 0.05) is 6.20 Å². The summed E-state index contributed by atoms with van der Waals surface area (Å²) in [4.78, 5) is 36.6. The number of benzene rings is 1. The Bertz CT molecular complexity index is 739. The van der Waals surface area contributed by atoms with E-state index in [2.05, 4.69) is 10.3 Å². The second-order valence-electron chi connectivity index (χ2n) is 3.86. The molecule has 1 aromatic heterocycles. The molecular formula is C13H9FN2O4. The number of pyridine rings is 1. The SMILES string of the molecule is O=C(O)c1cc(F)ccc1NC(=O)c1ccc[nH]c1=O. The fourth-order valence-electron chi connectivity index (χ4n) is 1.59. The number of carboxylic acids is 1. The molecule has 6 nitrogen and oxygen atoms in total. The first-order valence-corrected chi connectivity index (χ1v) is 5.51. The van der Waals surface area contributed by atoms with Crippen molar-refractivity contribution in [3.63, 3.8) is 0 Å². The van der Waals surface area contributed by atoms with E-state index in [9.17, 15) is 18.8 Å². The van der Waals surface area contributed by atoms with Crippen molar-refractivity contribution < 1.29 is 19.1 Å². The summed E-state index contributed by atoms with van der Waals surface area (Å²) in [5.74, 6) is -2.90. The lowest BCUT2D eigenvalue weighted by Gasteiger charge is -2.08. The average Bonchev–Trinajstić information content (AvgIpc) is 2.41. The summed E-state index contributed by atoms with van der Waals surface area (Å²) < 4.78 is 13.0. The molecule has 0 radical (unpaired) electrons. The van der Waals surface area contributed by atoms with Crippen LogP contribution in [0.15, 0.2) is 41.3 Å². The van der Waals surface area contributed by atoms with Crippen LogP contribution < -0.4 is 10.9 Å². The van der Waals surface area contributed by atoms with Gasteiger partial charge in [-0.1, -0.05) is 0 Å². The maximum Gasteiger partial charge on any atom is 0.337 e. The number of H-pyrrole nitrogens is 1. The van der Waals surface area contributed by atoms with Crippen molar-refractivity contribution >= 4 is 17.6 Å². The number of aromatic nitrogens is 1. The van der Waals surface area contributed by atoms with Crippen molar-refractivity contribution in [2.24, 2.45) is 0 Å². The quantitative estimate of drug-likeness (QED) is 0.790. The summed E-state index contributed by atoms with van der Waals surface area (Å²) >= 11 is 0. The van der Waals surface area contributed by atoms with Gasteiger partial charge in [-0.05, 0) is 30.3 Å². The summed E-state index contributed by atoms with van der Waals surface area (Å²) in [5, 5.41) is 11.2. The van der Waals surface area contributed by atoms with Crippen LogP contribution in [-0.2, 0) is 0 Å². The minimum absolute atomic E-state index is 0.0906. The minimum Gasteiger partial charge on any atom is -0.478 e. The van der Waals surface area contributed by atoms with Crippen LogP contribution in [0.3, 0.4) is 0 Å². The number of amides is 1. The molecule has 3 N–H and O–H groups in total. The Morgan fingerprint density at radius 1 is 1.20 bits per heavy atom. The van der Waals surface area contributed by atoms with Gasteiger partial charge in [0.1, 0.15) is 11.4 Å². The van der Waals surface area contributed by atoms with Crippen molar-refractivity contribution in [1.82, 2.24) is 4.98 Å². The number of carbonyl (C=O) groups excluding carboxylic acids is 1. The Kier molecular flexibility index (Phi) is 3.60. The summed E-state index contributed by atoms with van der Waals surface area (Å²) in [5.41, 5.74) is -1.27. The third kappa shape index (κ3) is 2.72.